The van der Waals surface area contributed by atoms with Gasteiger partial charge in [-0.1, -0.05) is 140 Å². The van der Waals surface area contributed by atoms with Crippen LogP contribution in [0.4, 0.5) is 0 Å². The van der Waals surface area contributed by atoms with Crippen LogP contribution in [0.2, 0.25) is 0 Å². The number of nitrogens with zero attached hydrogens (tertiary/aromatic N) is 4. The molecule has 15 aromatic rings. The van der Waals surface area contributed by atoms with E-state index in [0.29, 0.717) is 17.5 Å². The van der Waals surface area contributed by atoms with Crippen molar-refractivity contribution in [3.05, 3.63) is 218 Å². The Morgan fingerprint density at radius 1 is 0.314 bits per heavy atom. The Balaban J connectivity index is 0.908. The summed E-state index contributed by atoms with van der Waals surface area (Å²) in [5.74, 6) is 1.72. The van der Waals surface area contributed by atoms with E-state index in [1.165, 1.54) is 36.7 Å². The van der Waals surface area contributed by atoms with Gasteiger partial charge in [0.05, 0.1) is 11.0 Å². The van der Waals surface area contributed by atoms with Crippen LogP contribution in [0.5, 0.6) is 0 Å². The van der Waals surface area contributed by atoms with Crippen LogP contribution in [-0.2, 0) is 0 Å². The van der Waals surface area contributed by atoms with E-state index in [2.05, 4.69) is 193 Å². The number of hydrogen-bond donors (Lipinski definition) is 0. The van der Waals surface area contributed by atoms with E-state index < -0.39 is 0 Å². The Hall–Kier alpha value is -9.17. The second-order valence-corrected chi connectivity index (χ2v) is 19.0. The molecule has 5 aromatic heterocycles. The van der Waals surface area contributed by atoms with E-state index in [9.17, 15) is 0 Å². The summed E-state index contributed by atoms with van der Waals surface area (Å²) in [6.07, 6.45) is 0. The minimum atomic E-state index is 0.559. The molecule has 0 fully saturated rings. The van der Waals surface area contributed by atoms with Crippen molar-refractivity contribution in [2.24, 2.45) is 0 Å². The van der Waals surface area contributed by atoms with Crippen LogP contribution >= 0.6 is 11.3 Å². The Bertz CT molecular complexity index is 4620. The van der Waals surface area contributed by atoms with Crippen LogP contribution in [0.1, 0.15) is 0 Å². The molecule has 7 heteroatoms. The smallest absolute Gasteiger partial charge is 0.164 e. The standard InChI is InChI=1S/C63H36N4O2S/c1-2-13-37(14-3-1)38-15-10-16-42(33-38)67-51-22-7-4-17-43(51)49-34-39(28-31-52(49)67)40-29-32-54-50(35-40)59-47(20-11-24-55(59)68-54)62-64-61(41-27-30-45-44-18-5-8-23-53(44)69-56(45)36-41)65-63(66-62)48-21-12-26-58-60(48)46-19-6-9-25-57(46)70-58/h1-36H. The first-order valence-electron chi connectivity index (χ1n) is 23.4. The second-order valence-electron chi connectivity index (χ2n) is 17.9. The van der Waals surface area contributed by atoms with Crippen molar-refractivity contribution in [3.8, 4) is 62.1 Å². The number of furan rings is 2. The molecule has 0 saturated carbocycles. The molecule has 6 nitrogen and oxygen atoms in total. The molecule has 0 N–H and O–H groups in total. The molecule has 0 aliphatic heterocycles. The van der Waals surface area contributed by atoms with Gasteiger partial charge >= 0.3 is 0 Å². The number of aromatic nitrogens is 4. The van der Waals surface area contributed by atoms with E-state index in [1.54, 1.807) is 11.3 Å². The van der Waals surface area contributed by atoms with E-state index in [-0.39, 0.29) is 0 Å². The Morgan fingerprint density at radius 2 is 0.900 bits per heavy atom. The van der Waals surface area contributed by atoms with Crippen molar-refractivity contribution in [3.63, 3.8) is 0 Å². The van der Waals surface area contributed by atoms with Gasteiger partial charge < -0.3 is 13.4 Å². The predicted octanol–water partition coefficient (Wildman–Crippen LogP) is 17.5. The van der Waals surface area contributed by atoms with Crippen molar-refractivity contribution in [2.45, 2.75) is 0 Å². The minimum absolute atomic E-state index is 0.559. The molecule has 0 bridgehead atoms. The third-order valence-corrected chi connectivity index (χ3v) is 15.0. The fourth-order valence-electron chi connectivity index (χ4n) is 10.7. The van der Waals surface area contributed by atoms with Crippen LogP contribution in [0.25, 0.3) is 148 Å². The lowest BCUT2D eigenvalue weighted by Gasteiger charge is -2.11. The lowest BCUT2D eigenvalue weighted by molar-refractivity contribution is 0.668. The Labute approximate surface area is 404 Å². The summed E-state index contributed by atoms with van der Waals surface area (Å²) in [6, 6.07) is 76.9. The SMILES string of the molecule is c1ccc(-c2cccc(-n3c4ccccc4c4cc(-c5ccc6oc7cccc(-c8nc(-c9ccc%10c(c9)oc9ccccc9%10)nc(-c9cccc%10sc%11ccccc%11c9%10)n8)c7c6c5)ccc43)c2)cc1. The summed E-state index contributed by atoms with van der Waals surface area (Å²) in [4.78, 5) is 16.0. The molecule has 10 aromatic carbocycles. The molecule has 0 unspecified atom stereocenters. The second kappa shape index (κ2) is 15.2. The summed E-state index contributed by atoms with van der Waals surface area (Å²) >= 11 is 1.78. The molecule has 0 spiro atoms. The van der Waals surface area contributed by atoms with E-state index >= 15 is 0 Å². The highest BCUT2D eigenvalue weighted by molar-refractivity contribution is 7.25. The van der Waals surface area contributed by atoms with Crippen LogP contribution in [-0.4, -0.2) is 19.5 Å². The van der Waals surface area contributed by atoms with Crippen molar-refractivity contribution in [2.75, 3.05) is 0 Å². The fraction of sp³-hybridized carbons (Fsp3) is 0. The molecular weight excluding hydrogens is 877 g/mol. The van der Waals surface area contributed by atoms with Crippen molar-refractivity contribution >= 4 is 97.2 Å². The topological polar surface area (TPSA) is 69.9 Å². The lowest BCUT2D eigenvalue weighted by atomic mass is 9.99. The van der Waals surface area contributed by atoms with Gasteiger partial charge in [-0.3, -0.25) is 0 Å². The van der Waals surface area contributed by atoms with Gasteiger partial charge in [-0.25, -0.2) is 15.0 Å². The zero-order valence-corrected chi connectivity index (χ0v) is 38.1. The monoisotopic (exact) mass is 912 g/mol. The molecule has 0 atom stereocenters. The Morgan fingerprint density at radius 3 is 1.79 bits per heavy atom. The number of para-hydroxylation sites is 2. The van der Waals surface area contributed by atoms with Crippen molar-refractivity contribution in [1.29, 1.82) is 0 Å². The molecular formula is C63H36N4O2S. The fourth-order valence-corrected chi connectivity index (χ4v) is 11.8. The number of rotatable bonds is 6. The van der Waals surface area contributed by atoms with Gasteiger partial charge in [0.25, 0.3) is 0 Å². The molecule has 15 rings (SSSR count). The van der Waals surface area contributed by atoms with Gasteiger partial charge in [0.15, 0.2) is 17.5 Å². The van der Waals surface area contributed by atoms with Crippen LogP contribution in [0.3, 0.4) is 0 Å². The highest BCUT2D eigenvalue weighted by atomic mass is 32.1. The highest BCUT2D eigenvalue weighted by Gasteiger charge is 2.22. The van der Waals surface area contributed by atoms with E-state index in [4.69, 9.17) is 23.8 Å². The van der Waals surface area contributed by atoms with Crippen LogP contribution in [0.15, 0.2) is 227 Å². The zero-order valence-electron chi connectivity index (χ0n) is 37.3. The molecule has 70 heavy (non-hydrogen) atoms. The third kappa shape index (κ3) is 6.02. The average Bonchev–Trinajstić information content (AvgIpc) is 4.19. The molecule has 5 heterocycles. The summed E-state index contributed by atoms with van der Waals surface area (Å²) in [5.41, 5.74) is 13.9. The van der Waals surface area contributed by atoms with Gasteiger partial charge in [0, 0.05) is 74.9 Å². The maximum absolute atomic E-state index is 6.64. The van der Waals surface area contributed by atoms with Gasteiger partial charge in [-0.15, -0.1) is 11.3 Å². The first kappa shape index (κ1) is 38.9. The molecule has 0 amide bonds. The lowest BCUT2D eigenvalue weighted by Crippen LogP contribution is -2.00. The summed E-state index contributed by atoms with van der Waals surface area (Å²) in [5, 5.41) is 8.77. The molecule has 0 saturated heterocycles. The first-order valence-corrected chi connectivity index (χ1v) is 24.2. The van der Waals surface area contributed by atoms with Gasteiger partial charge in [-0.05, 0) is 101 Å². The van der Waals surface area contributed by atoms with E-state index in [1.807, 2.05) is 30.3 Å². The Kier molecular flexibility index (Phi) is 8.43. The van der Waals surface area contributed by atoms with Crippen molar-refractivity contribution in [1.82, 2.24) is 19.5 Å². The maximum Gasteiger partial charge on any atom is 0.164 e. The van der Waals surface area contributed by atoms with Crippen molar-refractivity contribution < 1.29 is 8.83 Å². The summed E-state index contributed by atoms with van der Waals surface area (Å²) in [6.45, 7) is 0. The van der Waals surface area contributed by atoms with Gasteiger partial charge in [0.1, 0.15) is 22.3 Å². The van der Waals surface area contributed by atoms with Gasteiger partial charge in [-0.2, -0.15) is 0 Å². The first-order chi connectivity index (χ1) is 34.7. The van der Waals surface area contributed by atoms with E-state index in [0.717, 1.165) is 93.8 Å². The number of hydrogen-bond acceptors (Lipinski definition) is 6. The highest BCUT2D eigenvalue weighted by Crippen LogP contribution is 2.43. The predicted molar refractivity (Wildman–Crippen MR) is 289 cm³/mol. The number of fused-ring (bicyclic) bond motifs is 12. The number of thiophene rings is 1. The zero-order chi connectivity index (χ0) is 45.9. The molecule has 0 aliphatic carbocycles. The number of benzene rings is 10. The maximum atomic E-state index is 6.64. The molecule has 0 aliphatic rings. The summed E-state index contributed by atoms with van der Waals surface area (Å²) in [7, 11) is 0. The van der Waals surface area contributed by atoms with Gasteiger partial charge in [0.2, 0.25) is 0 Å². The van der Waals surface area contributed by atoms with Crippen LogP contribution < -0.4 is 0 Å². The molecule has 0 radical (unpaired) electrons. The largest absolute Gasteiger partial charge is 0.456 e. The summed E-state index contributed by atoms with van der Waals surface area (Å²) < 4.78 is 17.8. The van der Waals surface area contributed by atoms with Crippen LogP contribution in [0, 0.1) is 0 Å². The minimum Gasteiger partial charge on any atom is -0.456 e. The quantitative estimate of drug-likeness (QED) is 0.166. The molecule has 326 valence electrons. The third-order valence-electron chi connectivity index (χ3n) is 13.9. The average molecular weight is 913 g/mol. The normalized spacial score (nSPS) is 12.0.